The molecule has 3 amide bonds. The van der Waals surface area contributed by atoms with Crippen LogP contribution in [0.3, 0.4) is 0 Å². The van der Waals surface area contributed by atoms with Gasteiger partial charge < -0.3 is 19.8 Å². The lowest BCUT2D eigenvalue weighted by molar-refractivity contribution is -0.145. The van der Waals surface area contributed by atoms with Crippen molar-refractivity contribution in [3.63, 3.8) is 0 Å². The Labute approximate surface area is 249 Å². The summed E-state index contributed by atoms with van der Waals surface area (Å²) in [5.41, 5.74) is 2.50. The maximum absolute atomic E-state index is 14.6. The van der Waals surface area contributed by atoms with Gasteiger partial charge in [-0.05, 0) is 30.5 Å². The summed E-state index contributed by atoms with van der Waals surface area (Å²) in [4.78, 5) is 48.5. The largest absolute Gasteiger partial charge is 0.394 e. The number of nitrogens with zero attached hydrogens (tertiary/aromatic N) is 3. The molecule has 6 atom stereocenters. The van der Waals surface area contributed by atoms with E-state index in [1.165, 1.54) is 0 Å². The summed E-state index contributed by atoms with van der Waals surface area (Å²) in [5, 5.41) is 10.6. The summed E-state index contributed by atoms with van der Waals surface area (Å²) in [7, 11) is 0. The molecule has 6 rings (SSSR count). The Morgan fingerprint density at radius 1 is 1.02 bits per heavy atom. The average Bonchev–Trinajstić information content (AvgIpc) is 3.29. The number of amides is 3. The standard InChI is InChI=1S/C32H34ClN3O4S/c1-3-22(19-37)36-28-31(40)35(27-20(2)10-7-13-23(27)33)17-9-15-32(28)26(30(36)39)25-24(41-32)14-8-16-34(29(25)38)18-21-11-5-4-6-12-21/h4-15,22,24-26,28,37H,3,16-19H2,1-2H3/t22-,24+,25-,26-,28?,32-/m0/s1. The molecule has 4 aliphatic rings. The quantitative estimate of drug-likeness (QED) is 0.509. The highest BCUT2D eigenvalue weighted by Crippen LogP contribution is 2.61. The fourth-order valence-corrected chi connectivity index (χ4v) is 9.36. The Balaban J connectivity index is 1.44. The predicted octanol–water partition coefficient (Wildman–Crippen LogP) is 4.22. The normalized spacial score (nSPS) is 29.8. The van der Waals surface area contributed by atoms with Crippen LogP contribution in [0.2, 0.25) is 5.02 Å². The van der Waals surface area contributed by atoms with Gasteiger partial charge in [-0.1, -0.05) is 85.3 Å². The minimum absolute atomic E-state index is 0.0758. The van der Waals surface area contributed by atoms with Crippen molar-refractivity contribution in [2.75, 3.05) is 24.6 Å². The van der Waals surface area contributed by atoms with Gasteiger partial charge >= 0.3 is 0 Å². The molecule has 2 fully saturated rings. The van der Waals surface area contributed by atoms with E-state index in [0.717, 1.165) is 11.1 Å². The number of para-hydroxylation sites is 1. The summed E-state index contributed by atoms with van der Waals surface area (Å²) in [5.74, 6) is -1.91. The monoisotopic (exact) mass is 591 g/mol. The molecule has 7 nitrogen and oxygen atoms in total. The van der Waals surface area contributed by atoms with Crippen LogP contribution in [0, 0.1) is 18.8 Å². The van der Waals surface area contributed by atoms with Crippen LogP contribution in [0.1, 0.15) is 24.5 Å². The van der Waals surface area contributed by atoms with Crippen molar-refractivity contribution >= 4 is 46.8 Å². The molecule has 4 aliphatic heterocycles. The SMILES string of the molecule is CC[C@@H](CO)N1C(=O)[C@@H]2[C@H]3C(=O)N(Cc4ccccc4)CC=C[C@H]3S[C@@]23C=CCN(c2c(C)cccc2Cl)C(=O)C13. The molecule has 1 N–H and O–H groups in total. The second-order valence-corrected chi connectivity index (χ2v) is 13.1. The van der Waals surface area contributed by atoms with Crippen molar-refractivity contribution in [3.05, 3.63) is 89.0 Å². The van der Waals surface area contributed by atoms with Crippen LogP contribution in [0.15, 0.2) is 72.8 Å². The molecule has 2 aromatic rings. The average molecular weight is 592 g/mol. The smallest absolute Gasteiger partial charge is 0.251 e. The summed E-state index contributed by atoms with van der Waals surface area (Å²) >= 11 is 8.18. The third-order valence-electron chi connectivity index (χ3n) is 8.93. The molecule has 0 bridgehead atoms. The second kappa shape index (κ2) is 11.0. The van der Waals surface area contributed by atoms with Gasteiger partial charge in [-0.25, -0.2) is 0 Å². The summed E-state index contributed by atoms with van der Waals surface area (Å²) < 4.78 is -0.953. The number of carbonyl (C=O) groups excluding carboxylic acids is 3. The van der Waals surface area contributed by atoms with Crippen molar-refractivity contribution in [3.8, 4) is 0 Å². The fraction of sp³-hybridized carbons (Fsp3) is 0.406. The Morgan fingerprint density at radius 3 is 2.51 bits per heavy atom. The molecule has 1 spiro atoms. The first-order valence-corrected chi connectivity index (χ1v) is 15.4. The number of rotatable bonds is 6. The van der Waals surface area contributed by atoms with Crippen LogP contribution >= 0.6 is 23.4 Å². The van der Waals surface area contributed by atoms with E-state index in [9.17, 15) is 19.5 Å². The third kappa shape index (κ3) is 4.42. The first kappa shape index (κ1) is 28.1. The lowest BCUT2D eigenvalue weighted by Gasteiger charge is -2.38. The number of hydrogen-bond donors (Lipinski definition) is 1. The molecule has 2 aromatic carbocycles. The molecule has 4 heterocycles. The van der Waals surface area contributed by atoms with Crippen LogP contribution < -0.4 is 4.90 Å². The number of anilines is 1. The van der Waals surface area contributed by atoms with E-state index in [2.05, 4.69) is 0 Å². The Kier molecular flexibility index (Phi) is 7.51. The van der Waals surface area contributed by atoms with E-state index in [1.54, 1.807) is 27.6 Å². The summed E-state index contributed by atoms with van der Waals surface area (Å²) in [6.07, 6.45) is 8.48. The van der Waals surface area contributed by atoms with Crippen molar-refractivity contribution in [1.29, 1.82) is 0 Å². The second-order valence-electron chi connectivity index (χ2n) is 11.2. The highest BCUT2D eigenvalue weighted by atomic mass is 35.5. The molecule has 0 aliphatic carbocycles. The van der Waals surface area contributed by atoms with Crippen molar-refractivity contribution < 1.29 is 19.5 Å². The Morgan fingerprint density at radius 2 is 1.80 bits per heavy atom. The summed E-state index contributed by atoms with van der Waals surface area (Å²) in [6.45, 7) is 4.75. The molecule has 1 unspecified atom stereocenters. The van der Waals surface area contributed by atoms with Gasteiger partial charge in [-0.3, -0.25) is 14.4 Å². The first-order valence-electron chi connectivity index (χ1n) is 14.2. The zero-order valence-electron chi connectivity index (χ0n) is 23.2. The molecule has 9 heteroatoms. The number of halogens is 1. The molecule has 41 heavy (non-hydrogen) atoms. The number of fused-ring (bicyclic) bond motifs is 2. The van der Waals surface area contributed by atoms with Crippen molar-refractivity contribution in [1.82, 2.24) is 9.80 Å². The number of carbonyl (C=O) groups is 3. The van der Waals surface area contributed by atoms with Crippen LogP contribution in [0.25, 0.3) is 0 Å². The van der Waals surface area contributed by atoms with E-state index in [-0.39, 0.29) is 29.6 Å². The molecule has 0 aromatic heterocycles. The van der Waals surface area contributed by atoms with Crippen molar-refractivity contribution in [2.24, 2.45) is 11.8 Å². The lowest BCUT2D eigenvalue weighted by Crippen LogP contribution is -2.56. The molecule has 214 valence electrons. The van der Waals surface area contributed by atoms with E-state index in [4.69, 9.17) is 11.6 Å². The van der Waals surface area contributed by atoms with Gasteiger partial charge in [0.2, 0.25) is 11.8 Å². The number of thioether (sulfide) groups is 1. The highest BCUT2D eigenvalue weighted by molar-refractivity contribution is 8.02. The highest BCUT2D eigenvalue weighted by Gasteiger charge is 2.71. The van der Waals surface area contributed by atoms with Gasteiger partial charge in [0, 0.05) is 24.9 Å². The van der Waals surface area contributed by atoms with Gasteiger partial charge in [-0.15, -0.1) is 11.8 Å². The number of benzene rings is 2. The van der Waals surface area contributed by atoms with Gasteiger partial charge in [0.25, 0.3) is 5.91 Å². The first-order chi connectivity index (χ1) is 19.8. The minimum atomic E-state index is -0.953. The van der Waals surface area contributed by atoms with Crippen molar-refractivity contribution in [2.45, 2.75) is 48.9 Å². The third-order valence-corrected chi connectivity index (χ3v) is 11.0. The van der Waals surface area contributed by atoms with Crippen LogP contribution in [0.5, 0.6) is 0 Å². The maximum atomic E-state index is 14.6. The predicted molar refractivity (Wildman–Crippen MR) is 162 cm³/mol. The number of hydrogen-bond acceptors (Lipinski definition) is 5. The molecule has 0 saturated carbocycles. The lowest BCUT2D eigenvalue weighted by atomic mass is 9.78. The Bertz CT molecular complexity index is 1410. The minimum Gasteiger partial charge on any atom is -0.394 e. The Hall–Kier alpha value is -3.07. The van der Waals surface area contributed by atoms with Gasteiger partial charge in [0.15, 0.2) is 0 Å². The molecule has 2 saturated heterocycles. The zero-order valence-corrected chi connectivity index (χ0v) is 24.7. The van der Waals surface area contributed by atoms with Gasteiger partial charge in [0.05, 0.1) is 39.9 Å². The molecular formula is C32H34ClN3O4S. The van der Waals surface area contributed by atoms with E-state index in [1.807, 2.05) is 85.5 Å². The number of likely N-dealkylation sites (tertiary alicyclic amines) is 1. The zero-order chi connectivity index (χ0) is 28.9. The molecular weight excluding hydrogens is 558 g/mol. The molecule has 0 radical (unpaired) electrons. The van der Waals surface area contributed by atoms with Crippen LogP contribution in [0.4, 0.5) is 5.69 Å². The number of aliphatic hydroxyl groups excluding tert-OH is 1. The maximum Gasteiger partial charge on any atom is 0.251 e. The van der Waals surface area contributed by atoms with Crippen LogP contribution in [-0.2, 0) is 20.9 Å². The van der Waals surface area contributed by atoms with Crippen LogP contribution in [-0.4, -0.2) is 74.4 Å². The van der Waals surface area contributed by atoms with Gasteiger partial charge in [0.1, 0.15) is 6.04 Å². The number of aliphatic hydroxyl groups is 1. The summed E-state index contributed by atoms with van der Waals surface area (Å²) in [6, 6.07) is 13.9. The topological polar surface area (TPSA) is 81.2 Å². The van der Waals surface area contributed by atoms with E-state index < -0.39 is 28.7 Å². The fourth-order valence-electron chi connectivity index (χ4n) is 7.05. The number of aryl methyl sites for hydroxylation is 1. The van der Waals surface area contributed by atoms with Gasteiger partial charge in [-0.2, -0.15) is 0 Å². The van der Waals surface area contributed by atoms with E-state index >= 15 is 0 Å². The van der Waals surface area contributed by atoms with E-state index in [0.29, 0.717) is 36.8 Å².